The molecule has 0 aromatic heterocycles. The van der Waals surface area contributed by atoms with Crippen LogP contribution in [0, 0.1) is 0 Å². The predicted octanol–water partition coefficient (Wildman–Crippen LogP) is 2.41. The van der Waals surface area contributed by atoms with Gasteiger partial charge in [-0.15, -0.1) is 0 Å². The number of phosphoric ester groups is 1. The summed E-state index contributed by atoms with van der Waals surface area (Å²) in [6, 6.07) is 9.34. The molecule has 0 radical (unpaired) electrons. The fraction of sp³-hybridized carbons (Fsp3) is 0.562. The smallest absolute Gasteiger partial charge is 0.445 e. The Balaban J connectivity index is 2.21. The van der Waals surface area contributed by atoms with Crippen LogP contribution in [0.5, 0.6) is 0 Å². The molecule has 0 aliphatic rings. The highest BCUT2D eigenvalue weighted by molar-refractivity contribution is 7.48. The maximum atomic E-state index is 12.2. The number of likely N-dealkylation sites (N-methyl/N-ethyl adjacent to an activating group) is 1. The number of nitrogens with one attached hydrogen (secondary N) is 1. The third kappa shape index (κ3) is 10.2. The number of nitrogens with zero attached hydrogens (tertiary/aromatic N) is 1. The van der Waals surface area contributed by atoms with Gasteiger partial charge in [-0.1, -0.05) is 30.3 Å². The number of ether oxygens (including phenoxy) is 1. The van der Waals surface area contributed by atoms with Crippen LogP contribution in [0.15, 0.2) is 30.3 Å². The molecule has 1 aromatic carbocycles. The highest BCUT2D eigenvalue weighted by Crippen LogP contribution is 2.48. The lowest BCUT2D eigenvalue weighted by molar-refractivity contribution is -0.870. The van der Waals surface area contributed by atoms with E-state index in [9.17, 15) is 9.36 Å². The van der Waals surface area contributed by atoms with Crippen LogP contribution >= 0.6 is 7.82 Å². The minimum absolute atomic E-state index is 0.0179. The Morgan fingerprint density at radius 3 is 2.36 bits per heavy atom. The van der Waals surface area contributed by atoms with Crippen LogP contribution in [0.1, 0.15) is 5.56 Å². The van der Waals surface area contributed by atoms with Crippen LogP contribution in [0.25, 0.3) is 0 Å². The Morgan fingerprint density at radius 1 is 1.12 bits per heavy atom. The highest BCUT2D eigenvalue weighted by atomic mass is 31.2. The van der Waals surface area contributed by atoms with E-state index in [1.54, 1.807) is 0 Å². The van der Waals surface area contributed by atoms with E-state index >= 15 is 0 Å². The Kier molecular flexibility index (Phi) is 9.10. The van der Waals surface area contributed by atoms with Gasteiger partial charge in [-0.25, -0.2) is 9.36 Å². The third-order valence-electron chi connectivity index (χ3n) is 3.07. The number of rotatable bonds is 11. The van der Waals surface area contributed by atoms with E-state index in [2.05, 4.69) is 5.32 Å². The largest absolute Gasteiger partial charge is 0.474 e. The van der Waals surface area contributed by atoms with E-state index in [4.69, 9.17) is 18.3 Å². The van der Waals surface area contributed by atoms with Crippen LogP contribution in [0.4, 0.5) is 4.79 Å². The first-order chi connectivity index (χ1) is 11.7. The molecule has 1 N–H and O–H groups in total. The predicted molar refractivity (Wildman–Crippen MR) is 94.0 cm³/mol. The van der Waals surface area contributed by atoms with Gasteiger partial charge in [0.05, 0.1) is 27.7 Å². The maximum Gasteiger partial charge on any atom is 0.474 e. The standard InChI is InChI=1S/C16H27N2O6P/c1-18(2,3)11-13-24-25(20,21-4)23-12-10-17-16(19)22-14-15-8-6-5-7-9-15/h5-9H,10-14H2,1-4H3/p+1. The Morgan fingerprint density at radius 2 is 1.76 bits per heavy atom. The summed E-state index contributed by atoms with van der Waals surface area (Å²) in [6.45, 7) is 1.18. The molecule has 0 heterocycles. The summed E-state index contributed by atoms with van der Waals surface area (Å²) in [4.78, 5) is 11.6. The van der Waals surface area contributed by atoms with Gasteiger partial charge in [0.2, 0.25) is 0 Å². The fourth-order valence-corrected chi connectivity index (χ4v) is 2.56. The first-order valence-corrected chi connectivity index (χ1v) is 9.40. The molecule has 0 saturated carbocycles. The highest BCUT2D eigenvalue weighted by Gasteiger charge is 2.25. The molecule has 0 saturated heterocycles. The number of carbonyl (C=O) groups is 1. The van der Waals surface area contributed by atoms with Crippen molar-refractivity contribution in [2.75, 3.05) is 54.6 Å². The van der Waals surface area contributed by atoms with E-state index < -0.39 is 13.9 Å². The second kappa shape index (κ2) is 10.5. The Labute approximate surface area is 149 Å². The lowest BCUT2D eigenvalue weighted by Gasteiger charge is -2.24. The molecule has 1 amide bonds. The van der Waals surface area contributed by atoms with Crippen molar-refractivity contribution in [3.05, 3.63) is 35.9 Å². The average Bonchev–Trinajstić information content (AvgIpc) is 2.57. The third-order valence-corrected chi connectivity index (χ3v) is 4.51. The second-order valence-corrected chi connectivity index (χ2v) is 8.07. The molecule has 1 rings (SSSR count). The molecule has 0 fully saturated rings. The number of hydrogen-bond donors (Lipinski definition) is 1. The SMILES string of the molecule is COP(=O)(OCCNC(=O)OCc1ccccc1)OCC[N+](C)(C)C. The van der Waals surface area contributed by atoms with Crippen LogP contribution in [0.2, 0.25) is 0 Å². The van der Waals surface area contributed by atoms with Gasteiger partial charge in [0.1, 0.15) is 19.8 Å². The first-order valence-electron chi connectivity index (χ1n) is 7.94. The van der Waals surface area contributed by atoms with Crippen LogP contribution in [-0.2, 0) is 29.5 Å². The molecular formula is C16H28N2O6P+. The molecule has 0 aliphatic carbocycles. The fourth-order valence-electron chi connectivity index (χ4n) is 1.65. The van der Waals surface area contributed by atoms with Crippen LogP contribution in [0.3, 0.4) is 0 Å². The van der Waals surface area contributed by atoms with Crippen molar-refractivity contribution in [2.45, 2.75) is 6.61 Å². The quantitative estimate of drug-likeness (QED) is 0.363. The molecule has 1 unspecified atom stereocenters. The molecular weight excluding hydrogens is 347 g/mol. The molecule has 0 aliphatic heterocycles. The Bertz CT molecular complexity index is 561. The zero-order valence-electron chi connectivity index (χ0n) is 15.3. The minimum atomic E-state index is -3.61. The van der Waals surface area contributed by atoms with Gasteiger partial charge in [-0.05, 0) is 5.56 Å². The lowest BCUT2D eigenvalue weighted by atomic mass is 10.2. The van der Waals surface area contributed by atoms with Crippen LogP contribution < -0.4 is 5.32 Å². The van der Waals surface area contributed by atoms with Gasteiger partial charge < -0.3 is 14.5 Å². The van der Waals surface area contributed by atoms with Gasteiger partial charge >= 0.3 is 13.9 Å². The number of phosphoric acid groups is 1. The van der Waals surface area contributed by atoms with Gasteiger partial charge in [0.15, 0.2) is 0 Å². The zero-order chi connectivity index (χ0) is 18.8. The average molecular weight is 375 g/mol. The molecule has 142 valence electrons. The number of carbonyl (C=O) groups excluding carboxylic acids is 1. The lowest BCUT2D eigenvalue weighted by Crippen LogP contribution is -2.37. The molecule has 0 bridgehead atoms. The van der Waals surface area contributed by atoms with Crippen molar-refractivity contribution in [3.8, 4) is 0 Å². The van der Waals surface area contributed by atoms with E-state index in [1.807, 2.05) is 51.5 Å². The topological polar surface area (TPSA) is 83.1 Å². The van der Waals surface area contributed by atoms with Crippen LogP contribution in [-0.4, -0.2) is 65.1 Å². The number of amides is 1. The number of alkyl carbamates (subject to hydrolysis) is 1. The van der Waals surface area contributed by atoms with E-state index in [0.29, 0.717) is 11.0 Å². The van der Waals surface area contributed by atoms with Crippen molar-refractivity contribution in [1.29, 1.82) is 0 Å². The first kappa shape index (κ1) is 21.6. The van der Waals surface area contributed by atoms with E-state index in [0.717, 1.165) is 5.56 Å². The molecule has 1 atom stereocenters. The summed E-state index contributed by atoms with van der Waals surface area (Å²) >= 11 is 0. The summed E-state index contributed by atoms with van der Waals surface area (Å²) in [5, 5.41) is 2.51. The summed E-state index contributed by atoms with van der Waals surface area (Å²) in [5.41, 5.74) is 0.892. The van der Waals surface area contributed by atoms with Crippen molar-refractivity contribution in [3.63, 3.8) is 0 Å². The molecule has 1 aromatic rings. The van der Waals surface area contributed by atoms with Gasteiger partial charge in [0.25, 0.3) is 0 Å². The van der Waals surface area contributed by atoms with Gasteiger partial charge in [-0.2, -0.15) is 0 Å². The minimum Gasteiger partial charge on any atom is -0.445 e. The summed E-state index contributed by atoms with van der Waals surface area (Å²) < 4.78 is 33.1. The van der Waals surface area contributed by atoms with Crippen molar-refractivity contribution in [1.82, 2.24) is 5.32 Å². The van der Waals surface area contributed by atoms with Crippen molar-refractivity contribution < 1.29 is 32.2 Å². The summed E-state index contributed by atoms with van der Waals surface area (Å²) in [5.74, 6) is 0. The maximum absolute atomic E-state index is 12.2. The zero-order valence-corrected chi connectivity index (χ0v) is 16.2. The second-order valence-electron chi connectivity index (χ2n) is 6.30. The number of benzene rings is 1. The molecule has 0 spiro atoms. The number of hydrogen-bond acceptors (Lipinski definition) is 6. The van der Waals surface area contributed by atoms with E-state index in [-0.39, 0.29) is 26.4 Å². The molecule has 9 heteroatoms. The number of quaternary nitrogens is 1. The van der Waals surface area contributed by atoms with Gasteiger partial charge in [0, 0.05) is 13.7 Å². The molecule has 8 nitrogen and oxygen atoms in total. The summed E-state index contributed by atoms with van der Waals surface area (Å²) in [7, 11) is 3.63. The normalized spacial score (nSPS) is 13.9. The summed E-state index contributed by atoms with van der Waals surface area (Å²) in [6.07, 6.45) is -0.578. The van der Waals surface area contributed by atoms with Gasteiger partial charge in [-0.3, -0.25) is 13.6 Å². The van der Waals surface area contributed by atoms with Crippen molar-refractivity contribution >= 4 is 13.9 Å². The molecule has 25 heavy (non-hydrogen) atoms. The monoisotopic (exact) mass is 375 g/mol. The van der Waals surface area contributed by atoms with E-state index in [1.165, 1.54) is 7.11 Å². The Hall–Kier alpha value is -1.44. The van der Waals surface area contributed by atoms with Crippen molar-refractivity contribution in [2.24, 2.45) is 0 Å².